The second-order valence-corrected chi connectivity index (χ2v) is 6.75. The van der Waals surface area contributed by atoms with E-state index in [1.54, 1.807) is 12.1 Å². The summed E-state index contributed by atoms with van der Waals surface area (Å²) in [7, 11) is 0. The number of hydrogen-bond acceptors (Lipinski definition) is 3. The van der Waals surface area contributed by atoms with Crippen molar-refractivity contribution in [1.82, 2.24) is 10.2 Å². The van der Waals surface area contributed by atoms with Gasteiger partial charge in [-0.2, -0.15) is 0 Å². The number of benzene rings is 1. The Morgan fingerprint density at radius 3 is 2.62 bits per heavy atom. The zero-order chi connectivity index (χ0) is 17.2. The second kappa shape index (κ2) is 10.6. The van der Waals surface area contributed by atoms with Crippen LogP contribution < -0.4 is 10.1 Å². The van der Waals surface area contributed by atoms with Crippen LogP contribution in [0.3, 0.4) is 0 Å². The van der Waals surface area contributed by atoms with Crippen LogP contribution in [0.5, 0.6) is 5.75 Å². The number of ether oxygens (including phenoxy) is 1. The van der Waals surface area contributed by atoms with E-state index in [0.717, 1.165) is 13.0 Å². The van der Waals surface area contributed by atoms with Gasteiger partial charge in [-0.25, -0.2) is 0 Å². The summed E-state index contributed by atoms with van der Waals surface area (Å²) in [6, 6.07) is 7.26. The van der Waals surface area contributed by atoms with Crippen molar-refractivity contribution in [3.05, 3.63) is 29.3 Å². The van der Waals surface area contributed by atoms with Gasteiger partial charge in [0.1, 0.15) is 5.75 Å². The molecule has 1 atom stereocenters. The monoisotopic (exact) mass is 352 g/mol. The van der Waals surface area contributed by atoms with E-state index in [1.165, 1.54) is 38.8 Å². The molecule has 0 aliphatic carbocycles. The molecule has 0 bridgehead atoms. The number of hydrogen-bond donors (Lipinski definition) is 1. The summed E-state index contributed by atoms with van der Waals surface area (Å²) in [5.74, 6) is 0.499. The maximum atomic E-state index is 12.3. The molecule has 1 heterocycles. The summed E-state index contributed by atoms with van der Waals surface area (Å²) in [5.41, 5.74) is 0. The Labute approximate surface area is 150 Å². The summed E-state index contributed by atoms with van der Waals surface area (Å²) >= 11 is 6.09. The van der Waals surface area contributed by atoms with E-state index in [4.69, 9.17) is 16.3 Å². The third-order valence-corrected chi connectivity index (χ3v) is 4.73. The van der Waals surface area contributed by atoms with Crippen LogP contribution in [0.2, 0.25) is 5.02 Å². The van der Waals surface area contributed by atoms with E-state index in [-0.39, 0.29) is 5.91 Å². The van der Waals surface area contributed by atoms with Gasteiger partial charge >= 0.3 is 0 Å². The second-order valence-electron chi connectivity index (χ2n) is 6.35. The standard InChI is InChI=1S/C19H29ClN2O2/c1-2-17(24-18-11-6-5-10-16(18)20)19(23)21-12-9-15-22-13-7-3-4-8-14-22/h5-6,10-11,17H,2-4,7-9,12-15H2,1H3,(H,21,23)/t17-/m1/s1. The maximum absolute atomic E-state index is 12.3. The summed E-state index contributed by atoms with van der Waals surface area (Å²) < 4.78 is 5.77. The fraction of sp³-hybridized carbons (Fsp3) is 0.632. The van der Waals surface area contributed by atoms with E-state index in [1.807, 2.05) is 19.1 Å². The predicted molar refractivity (Wildman–Crippen MR) is 98.7 cm³/mol. The topological polar surface area (TPSA) is 41.6 Å². The van der Waals surface area contributed by atoms with E-state index in [0.29, 0.717) is 23.7 Å². The lowest BCUT2D eigenvalue weighted by atomic mass is 10.2. The molecule has 5 heteroatoms. The Hall–Kier alpha value is -1.26. The lowest BCUT2D eigenvalue weighted by molar-refractivity contribution is -0.128. The van der Waals surface area contributed by atoms with Crippen molar-refractivity contribution in [2.24, 2.45) is 0 Å². The van der Waals surface area contributed by atoms with Gasteiger partial charge < -0.3 is 15.0 Å². The minimum absolute atomic E-state index is 0.0618. The van der Waals surface area contributed by atoms with Crippen molar-refractivity contribution in [3.63, 3.8) is 0 Å². The highest BCUT2D eigenvalue weighted by molar-refractivity contribution is 6.32. The molecule has 1 amide bonds. The number of carbonyl (C=O) groups excluding carboxylic acids is 1. The predicted octanol–water partition coefficient (Wildman–Crippen LogP) is 3.88. The Kier molecular flexibility index (Phi) is 8.40. The molecule has 0 saturated carbocycles. The van der Waals surface area contributed by atoms with Crippen LogP contribution >= 0.6 is 11.6 Å². The third-order valence-electron chi connectivity index (χ3n) is 4.42. The Balaban J connectivity index is 1.70. The van der Waals surface area contributed by atoms with E-state index < -0.39 is 6.10 Å². The van der Waals surface area contributed by atoms with Gasteiger partial charge in [0, 0.05) is 6.54 Å². The van der Waals surface area contributed by atoms with E-state index in [2.05, 4.69) is 10.2 Å². The van der Waals surface area contributed by atoms with Gasteiger partial charge in [0.15, 0.2) is 6.10 Å². The van der Waals surface area contributed by atoms with Crippen LogP contribution in [-0.4, -0.2) is 43.1 Å². The van der Waals surface area contributed by atoms with Crippen molar-refractivity contribution >= 4 is 17.5 Å². The Morgan fingerprint density at radius 1 is 1.25 bits per heavy atom. The van der Waals surface area contributed by atoms with Crippen molar-refractivity contribution < 1.29 is 9.53 Å². The molecule has 0 radical (unpaired) electrons. The third kappa shape index (κ3) is 6.33. The number of likely N-dealkylation sites (tertiary alicyclic amines) is 1. The SMILES string of the molecule is CC[C@@H](Oc1ccccc1Cl)C(=O)NCCCN1CCCCCC1. The first kappa shape index (κ1) is 19.1. The van der Waals surface area contributed by atoms with Gasteiger partial charge in [-0.15, -0.1) is 0 Å². The average Bonchev–Trinajstić information content (AvgIpc) is 2.86. The van der Waals surface area contributed by atoms with Crippen molar-refractivity contribution in [1.29, 1.82) is 0 Å². The van der Waals surface area contributed by atoms with Crippen molar-refractivity contribution in [2.75, 3.05) is 26.2 Å². The molecule has 1 fully saturated rings. The highest BCUT2D eigenvalue weighted by atomic mass is 35.5. The molecule has 1 N–H and O–H groups in total. The molecule has 24 heavy (non-hydrogen) atoms. The van der Waals surface area contributed by atoms with Crippen LogP contribution in [0.25, 0.3) is 0 Å². The van der Waals surface area contributed by atoms with Gasteiger partial charge in [-0.3, -0.25) is 4.79 Å². The van der Waals surface area contributed by atoms with Gasteiger partial charge in [0.05, 0.1) is 5.02 Å². The van der Waals surface area contributed by atoms with Gasteiger partial charge in [-0.05, 0) is 57.5 Å². The summed E-state index contributed by atoms with van der Waals surface area (Å²) in [6.45, 7) is 6.08. The van der Waals surface area contributed by atoms with Gasteiger partial charge in [0.2, 0.25) is 0 Å². The number of carbonyl (C=O) groups is 1. The molecule has 4 nitrogen and oxygen atoms in total. The molecule has 134 valence electrons. The number of nitrogens with zero attached hydrogens (tertiary/aromatic N) is 1. The van der Waals surface area contributed by atoms with Crippen molar-refractivity contribution in [3.8, 4) is 5.75 Å². The number of amides is 1. The van der Waals surface area contributed by atoms with Crippen LogP contribution in [0.4, 0.5) is 0 Å². The molecular formula is C19H29ClN2O2. The average molecular weight is 353 g/mol. The fourth-order valence-corrected chi connectivity index (χ4v) is 3.18. The first-order valence-electron chi connectivity index (χ1n) is 9.12. The van der Waals surface area contributed by atoms with Gasteiger partial charge in [0.25, 0.3) is 5.91 Å². The molecule has 1 aliphatic heterocycles. The van der Waals surface area contributed by atoms with E-state index in [9.17, 15) is 4.79 Å². The molecule has 1 aliphatic rings. The minimum atomic E-state index is -0.497. The number of rotatable bonds is 8. The van der Waals surface area contributed by atoms with E-state index >= 15 is 0 Å². The number of para-hydroxylation sites is 1. The number of halogens is 1. The largest absolute Gasteiger partial charge is 0.479 e. The molecule has 1 aromatic rings. The zero-order valence-electron chi connectivity index (χ0n) is 14.6. The molecule has 0 unspecified atom stereocenters. The van der Waals surface area contributed by atoms with Crippen LogP contribution in [0.15, 0.2) is 24.3 Å². The Bertz CT molecular complexity index is 502. The zero-order valence-corrected chi connectivity index (χ0v) is 15.4. The summed E-state index contributed by atoms with van der Waals surface area (Å²) in [6.07, 6.45) is 6.40. The Morgan fingerprint density at radius 2 is 1.96 bits per heavy atom. The smallest absolute Gasteiger partial charge is 0.261 e. The normalized spacial score (nSPS) is 17.1. The highest BCUT2D eigenvalue weighted by Gasteiger charge is 2.19. The van der Waals surface area contributed by atoms with Crippen LogP contribution in [0.1, 0.15) is 45.4 Å². The molecule has 2 rings (SSSR count). The fourth-order valence-electron chi connectivity index (χ4n) is 3.00. The molecule has 1 saturated heterocycles. The summed E-state index contributed by atoms with van der Waals surface area (Å²) in [4.78, 5) is 14.8. The summed E-state index contributed by atoms with van der Waals surface area (Å²) in [5, 5.41) is 3.53. The van der Waals surface area contributed by atoms with Crippen LogP contribution in [-0.2, 0) is 4.79 Å². The lowest BCUT2D eigenvalue weighted by Crippen LogP contribution is -2.39. The number of nitrogens with one attached hydrogen (secondary N) is 1. The lowest BCUT2D eigenvalue weighted by Gasteiger charge is -2.21. The van der Waals surface area contributed by atoms with Gasteiger partial charge in [-0.1, -0.05) is 43.5 Å². The molecular weight excluding hydrogens is 324 g/mol. The highest BCUT2D eigenvalue weighted by Crippen LogP contribution is 2.24. The van der Waals surface area contributed by atoms with Crippen LogP contribution in [0, 0.1) is 0 Å². The minimum Gasteiger partial charge on any atom is -0.479 e. The van der Waals surface area contributed by atoms with Crippen molar-refractivity contribution in [2.45, 2.75) is 51.6 Å². The molecule has 0 spiro atoms. The molecule has 0 aromatic heterocycles. The first-order chi connectivity index (χ1) is 11.7. The quantitative estimate of drug-likeness (QED) is 0.722. The molecule has 1 aromatic carbocycles. The maximum Gasteiger partial charge on any atom is 0.261 e. The first-order valence-corrected chi connectivity index (χ1v) is 9.49.